The third kappa shape index (κ3) is 5.33. The SMILES string of the molecule is C[C@H](CCCCNNS(=O)(=O)c1cccc2c(N(C)C)cccc12)[C@H]1CCC2C3C(CC[C@@]21C)C1(C)CC[C@H](O)CC1(O)[C@@H]3C=O. The number of aliphatic hydroxyl groups is 2. The van der Waals surface area contributed by atoms with Crippen LogP contribution in [0.25, 0.3) is 10.8 Å². The number of sulfonamides is 1. The molecule has 4 aliphatic rings. The van der Waals surface area contributed by atoms with Crippen LogP contribution >= 0.6 is 0 Å². The van der Waals surface area contributed by atoms with Crippen molar-refractivity contribution in [3.8, 4) is 0 Å². The van der Waals surface area contributed by atoms with E-state index in [2.05, 4.69) is 31.0 Å². The van der Waals surface area contributed by atoms with Gasteiger partial charge in [0.05, 0.1) is 16.6 Å². The van der Waals surface area contributed by atoms with Crippen molar-refractivity contribution >= 4 is 32.8 Å². The average Bonchev–Trinajstić information content (AvgIpc) is 3.46. The number of aliphatic hydroxyl groups excluding tert-OH is 1. The van der Waals surface area contributed by atoms with Crippen LogP contribution in [0.15, 0.2) is 41.3 Å². The number of benzene rings is 2. The molecule has 4 N–H and O–H groups in total. The first kappa shape index (κ1) is 33.8. The summed E-state index contributed by atoms with van der Waals surface area (Å²) in [7, 11) is 0.168. The number of unbranched alkanes of at least 4 members (excludes halogenated alkanes) is 1. The Morgan fingerprint density at radius 3 is 2.48 bits per heavy atom. The van der Waals surface area contributed by atoms with Gasteiger partial charge in [-0.2, -0.15) is 0 Å². The highest BCUT2D eigenvalue weighted by atomic mass is 32.2. The van der Waals surface area contributed by atoms with Gasteiger partial charge < -0.3 is 19.9 Å². The second-order valence-electron chi connectivity index (χ2n) is 15.9. The molecule has 9 heteroatoms. The van der Waals surface area contributed by atoms with Crippen LogP contribution in [0.4, 0.5) is 5.69 Å². The molecule has 8 nitrogen and oxygen atoms in total. The standard InChI is InChI=1S/C37H55N3O5S/c1-24(10-6-7-21-38-39-46(44,45)33-14-9-11-26-27(33)12-8-13-32(26)40(4)5)28-15-16-29-34-30(18-19-35(28,29)2)36(3)20-17-25(42)22-37(36,43)31(34)23-41/h8-9,11-14,23-25,28-31,34,38-39,42-43H,6-7,10,15-22H2,1-5H3/t24-,25+,28-,29?,30?,31-,34?,35-,36?,37?/m1/s1. The van der Waals surface area contributed by atoms with Crippen LogP contribution in [-0.4, -0.2) is 57.3 Å². The minimum Gasteiger partial charge on any atom is -0.393 e. The first-order chi connectivity index (χ1) is 21.8. The van der Waals surface area contributed by atoms with Gasteiger partial charge in [-0.3, -0.25) is 0 Å². The molecule has 2 aromatic rings. The van der Waals surface area contributed by atoms with Crippen LogP contribution in [0.1, 0.15) is 85.0 Å². The van der Waals surface area contributed by atoms with E-state index in [1.807, 2.05) is 43.3 Å². The third-order valence-electron chi connectivity index (χ3n) is 13.6. The highest BCUT2D eigenvalue weighted by molar-refractivity contribution is 7.89. The largest absolute Gasteiger partial charge is 0.393 e. The van der Waals surface area contributed by atoms with Gasteiger partial charge in [0.2, 0.25) is 0 Å². The van der Waals surface area contributed by atoms with Crippen molar-refractivity contribution in [2.45, 2.75) is 102 Å². The average molecular weight is 654 g/mol. The van der Waals surface area contributed by atoms with Crippen LogP contribution < -0.4 is 15.2 Å². The summed E-state index contributed by atoms with van der Waals surface area (Å²) in [6, 6.07) is 11.1. The van der Waals surface area contributed by atoms with Crippen molar-refractivity contribution in [1.29, 1.82) is 0 Å². The lowest BCUT2D eigenvalue weighted by molar-refractivity contribution is -0.156. The highest BCUT2D eigenvalue weighted by Crippen LogP contribution is 2.72. The lowest BCUT2D eigenvalue weighted by Gasteiger charge is -2.52. The van der Waals surface area contributed by atoms with Gasteiger partial charge >= 0.3 is 0 Å². The van der Waals surface area contributed by atoms with E-state index < -0.39 is 27.6 Å². The number of hydrogen-bond acceptors (Lipinski definition) is 7. The maximum atomic E-state index is 13.2. The molecule has 0 heterocycles. The van der Waals surface area contributed by atoms with E-state index in [9.17, 15) is 23.4 Å². The predicted molar refractivity (Wildman–Crippen MR) is 183 cm³/mol. The molecule has 0 amide bonds. The van der Waals surface area contributed by atoms with Gasteiger partial charge in [0.1, 0.15) is 6.29 Å². The van der Waals surface area contributed by atoms with E-state index in [-0.39, 0.29) is 21.6 Å². The molecule has 0 bridgehead atoms. The van der Waals surface area contributed by atoms with Crippen molar-refractivity contribution in [3.63, 3.8) is 0 Å². The Labute approximate surface area is 275 Å². The Kier molecular flexibility index (Phi) is 9.16. The summed E-state index contributed by atoms with van der Waals surface area (Å²) >= 11 is 0. The summed E-state index contributed by atoms with van der Waals surface area (Å²) in [5.41, 5.74) is 2.69. The fraction of sp³-hybridized carbons (Fsp3) is 0.703. The van der Waals surface area contributed by atoms with Crippen molar-refractivity contribution in [2.24, 2.45) is 46.3 Å². The molecule has 0 aromatic heterocycles. The molecule has 10 atom stereocenters. The summed E-state index contributed by atoms with van der Waals surface area (Å²) in [6.45, 7) is 7.59. The van der Waals surface area contributed by atoms with Gasteiger partial charge in [-0.15, -0.1) is 4.83 Å². The summed E-state index contributed by atoms with van der Waals surface area (Å²) in [4.78, 5) is 17.5. The van der Waals surface area contributed by atoms with Gasteiger partial charge in [0.25, 0.3) is 10.0 Å². The fourth-order valence-corrected chi connectivity index (χ4v) is 12.4. The minimum atomic E-state index is -3.74. The number of hydrazine groups is 1. The van der Waals surface area contributed by atoms with Gasteiger partial charge in [-0.25, -0.2) is 13.8 Å². The molecule has 4 fully saturated rings. The Hall–Kier alpha value is -2.04. The number of nitrogens with zero attached hydrogens (tertiary/aromatic N) is 1. The van der Waals surface area contributed by atoms with Gasteiger partial charge in [0.15, 0.2) is 0 Å². The first-order valence-electron chi connectivity index (χ1n) is 17.6. The van der Waals surface area contributed by atoms with Crippen molar-refractivity contribution < 1.29 is 23.4 Å². The quantitative estimate of drug-likeness (QED) is 0.140. The molecule has 4 aliphatic carbocycles. The van der Waals surface area contributed by atoms with E-state index in [1.165, 1.54) is 0 Å². The Balaban J connectivity index is 1.04. The molecular formula is C37H55N3O5S. The van der Waals surface area contributed by atoms with Crippen LogP contribution in [0.2, 0.25) is 0 Å². The van der Waals surface area contributed by atoms with Crippen LogP contribution in [-0.2, 0) is 14.8 Å². The van der Waals surface area contributed by atoms with Gasteiger partial charge in [-0.05, 0) is 92.1 Å². The lowest BCUT2D eigenvalue weighted by atomic mass is 9.53. The molecule has 5 unspecified atom stereocenters. The van der Waals surface area contributed by atoms with Gasteiger partial charge in [0, 0.05) is 54.9 Å². The fourth-order valence-electron chi connectivity index (χ4n) is 11.3. The number of anilines is 1. The predicted octanol–water partition coefficient (Wildman–Crippen LogP) is 5.66. The first-order valence-corrected chi connectivity index (χ1v) is 19.1. The molecule has 0 saturated heterocycles. The molecule has 4 saturated carbocycles. The van der Waals surface area contributed by atoms with Crippen LogP contribution in [0, 0.1) is 46.3 Å². The number of hydrogen-bond donors (Lipinski definition) is 4. The number of nitrogens with one attached hydrogen (secondary N) is 2. The van der Waals surface area contributed by atoms with Crippen LogP contribution in [0.3, 0.4) is 0 Å². The van der Waals surface area contributed by atoms with Crippen molar-refractivity contribution in [3.05, 3.63) is 36.4 Å². The number of aldehydes is 1. The summed E-state index contributed by atoms with van der Waals surface area (Å²) < 4.78 is 26.5. The number of rotatable bonds is 11. The summed E-state index contributed by atoms with van der Waals surface area (Å²) in [5, 5.41) is 24.2. The Bertz CT molecular complexity index is 1550. The number of fused-ring (bicyclic) bond motifs is 6. The monoisotopic (exact) mass is 653 g/mol. The molecule has 254 valence electrons. The van der Waals surface area contributed by atoms with Gasteiger partial charge in [-0.1, -0.05) is 57.9 Å². The molecule has 0 radical (unpaired) electrons. The van der Waals surface area contributed by atoms with E-state index in [0.29, 0.717) is 48.4 Å². The van der Waals surface area contributed by atoms with E-state index in [0.717, 1.165) is 68.7 Å². The maximum absolute atomic E-state index is 13.2. The zero-order chi connectivity index (χ0) is 33.1. The summed E-state index contributed by atoms with van der Waals surface area (Å²) in [6.07, 6.45) is 9.77. The molecule has 0 aliphatic heterocycles. The maximum Gasteiger partial charge on any atom is 0.253 e. The molecule has 46 heavy (non-hydrogen) atoms. The number of carbonyl (C=O) groups excluding carboxylic acids is 1. The highest BCUT2D eigenvalue weighted by Gasteiger charge is 2.72. The zero-order valence-electron chi connectivity index (χ0n) is 28.3. The van der Waals surface area contributed by atoms with Crippen molar-refractivity contribution in [2.75, 3.05) is 25.5 Å². The number of carbonyl (C=O) groups is 1. The third-order valence-corrected chi connectivity index (χ3v) is 15.0. The smallest absolute Gasteiger partial charge is 0.253 e. The molecular weight excluding hydrogens is 598 g/mol. The molecule has 0 spiro atoms. The minimum absolute atomic E-state index is 0.152. The summed E-state index contributed by atoms with van der Waals surface area (Å²) in [5.74, 6) is 1.68. The topological polar surface area (TPSA) is 119 Å². The van der Waals surface area contributed by atoms with E-state index in [1.54, 1.807) is 12.1 Å². The Morgan fingerprint density at radius 1 is 1.00 bits per heavy atom. The molecule has 2 aromatic carbocycles. The zero-order valence-corrected chi connectivity index (χ0v) is 29.2. The van der Waals surface area contributed by atoms with E-state index in [4.69, 9.17) is 0 Å². The normalized spacial score (nSPS) is 37.8. The van der Waals surface area contributed by atoms with Crippen LogP contribution in [0.5, 0.6) is 0 Å². The van der Waals surface area contributed by atoms with E-state index >= 15 is 0 Å². The lowest BCUT2D eigenvalue weighted by Crippen LogP contribution is -2.54. The second kappa shape index (κ2) is 12.4. The molecule has 6 rings (SSSR count). The van der Waals surface area contributed by atoms with Crippen molar-refractivity contribution in [1.82, 2.24) is 10.3 Å². The Morgan fingerprint density at radius 2 is 1.74 bits per heavy atom. The second-order valence-corrected chi connectivity index (χ2v) is 17.6.